The van der Waals surface area contributed by atoms with Crippen molar-refractivity contribution in [3.8, 4) is 0 Å². The lowest BCUT2D eigenvalue weighted by molar-refractivity contribution is -0.130. The van der Waals surface area contributed by atoms with E-state index in [9.17, 15) is 0 Å². The van der Waals surface area contributed by atoms with Crippen LogP contribution in [-0.4, -0.2) is 39.0 Å². The van der Waals surface area contributed by atoms with Gasteiger partial charge in [0.05, 0.1) is 13.2 Å². The Hall–Kier alpha value is -0.120. The van der Waals surface area contributed by atoms with E-state index in [2.05, 4.69) is 12.2 Å². The first kappa shape index (κ1) is 9.96. The second-order valence-corrected chi connectivity index (χ2v) is 3.36. The van der Waals surface area contributed by atoms with Gasteiger partial charge in [-0.3, -0.25) is 0 Å². The van der Waals surface area contributed by atoms with Gasteiger partial charge in [-0.2, -0.15) is 0 Å². The van der Waals surface area contributed by atoms with E-state index < -0.39 is 0 Å². The van der Waals surface area contributed by atoms with Crippen molar-refractivity contribution in [3.63, 3.8) is 0 Å². The molecule has 1 heterocycles. The lowest BCUT2D eigenvalue weighted by Gasteiger charge is -2.26. The topological polar surface area (TPSA) is 30.5 Å². The first-order valence-electron chi connectivity index (χ1n) is 4.69. The number of nitrogens with one attached hydrogen (secondary N) is 1. The van der Waals surface area contributed by atoms with Gasteiger partial charge in [-0.05, 0) is 26.8 Å². The number of rotatable bonds is 6. The van der Waals surface area contributed by atoms with Gasteiger partial charge in [0.1, 0.15) is 6.10 Å². The van der Waals surface area contributed by atoms with Crippen LogP contribution in [0.25, 0.3) is 0 Å². The Morgan fingerprint density at radius 1 is 1.58 bits per heavy atom. The average Bonchev–Trinajstić information content (AvgIpc) is 2.00. The molecule has 1 N–H and O–H groups in total. The Morgan fingerprint density at radius 3 is 2.83 bits per heavy atom. The van der Waals surface area contributed by atoms with E-state index >= 15 is 0 Å². The summed E-state index contributed by atoms with van der Waals surface area (Å²) in [4.78, 5) is 0. The minimum Gasteiger partial charge on any atom is -0.376 e. The van der Waals surface area contributed by atoms with Crippen molar-refractivity contribution in [3.05, 3.63) is 0 Å². The van der Waals surface area contributed by atoms with Crippen molar-refractivity contribution in [1.29, 1.82) is 0 Å². The summed E-state index contributed by atoms with van der Waals surface area (Å²) in [6.07, 6.45) is 2.71. The molecule has 0 radical (unpaired) electrons. The highest BCUT2D eigenvalue weighted by Crippen LogP contribution is 2.06. The number of hydrogen-bond donors (Lipinski definition) is 1. The van der Waals surface area contributed by atoms with Crippen LogP contribution in [0.4, 0.5) is 0 Å². The summed E-state index contributed by atoms with van der Waals surface area (Å²) in [7, 11) is 1.99. The van der Waals surface area contributed by atoms with Gasteiger partial charge in [0, 0.05) is 12.6 Å². The average molecular weight is 173 g/mol. The molecule has 1 atom stereocenters. The maximum atomic E-state index is 5.52. The van der Waals surface area contributed by atoms with E-state index in [1.807, 2.05) is 7.05 Å². The van der Waals surface area contributed by atoms with Crippen LogP contribution in [0.3, 0.4) is 0 Å². The number of ether oxygens (including phenoxy) is 2. The minimum atomic E-state index is 0.384. The largest absolute Gasteiger partial charge is 0.376 e. The van der Waals surface area contributed by atoms with E-state index in [1.165, 1.54) is 6.42 Å². The zero-order valence-corrected chi connectivity index (χ0v) is 8.01. The van der Waals surface area contributed by atoms with Gasteiger partial charge in [0.2, 0.25) is 0 Å². The van der Waals surface area contributed by atoms with Crippen molar-refractivity contribution in [2.75, 3.05) is 26.9 Å². The molecule has 0 aromatic heterocycles. The van der Waals surface area contributed by atoms with Crippen LogP contribution in [0.15, 0.2) is 0 Å². The highest BCUT2D eigenvalue weighted by Gasteiger charge is 2.17. The lowest BCUT2D eigenvalue weighted by Crippen LogP contribution is -2.36. The van der Waals surface area contributed by atoms with Crippen LogP contribution in [-0.2, 0) is 9.47 Å². The summed E-state index contributed by atoms with van der Waals surface area (Å²) in [6, 6.07) is 0.603. The molecule has 1 rings (SSSR count). The Bertz CT molecular complexity index is 108. The zero-order chi connectivity index (χ0) is 8.81. The van der Waals surface area contributed by atoms with E-state index in [4.69, 9.17) is 9.47 Å². The van der Waals surface area contributed by atoms with Gasteiger partial charge in [-0.25, -0.2) is 0 Å². The van der Waals surface area contributed by atoms with Crippen LogP contribution in [0.5, 0.6) is 0 Å². The van der Waals surface area contributed by atoms with E-state index in [0.29, 0.717) is 12.1 Å². The molecule has 0 bridgehead atoms. The lowest BCUT2D eigenvalue weighted by atomic mass is 10.2. The van der Waals surface area contributed by atoms with Crippen molar-refractivity contribution < 1.29 is 9.47 Å². The fraction of sp³-hybridized carbons (Fsp3) is 1.00. The number of hydrogen-bond acceptors (Lipinski definition) is 3. The molecule has 3 heteroatoms. The highest BCUT2D eigenvalue weighted by atomic mass is 16.6. The first-order valence-corrected chi connectivity index (χ1v) is 4.69. The molecule has 0 aliphatic carbocycles. The monoisotopic (exact) mass is 173 g/mol. The predicted molar refractivity (Wildman–Crippen MR) is 48.3 cm³/mol. The first-order chi connectivity index (χ1) is 5.83. The summed E-state index contributed by atoms with van der Waals surface area (Å²) >= 11 is 0. The highest BCUT2D eigenvalue weighted by molar-refractivity contribution is 4.64. The Balaban J connectivity index is 1.82. The van der Waals surface area contributed by atoms with Crippen molar-refractivity contribution in [1.82, 2.24) is 5.32 Å². The summed E-state index contributed by atoms with van der Waals surface area (Å²) in [5.41, 5.74) is 0. The summed E-state index contributed by atoms with van der Waals surface area (Å²) in [6.45, 7) is 4.65. The third-order valence-corrected chi connectivity index (χ3v) is 2.24. The van der Waals surface area contributed by atoms with E-state index in [0.717, 1.165) is 26.2 Å². The van der Waals surface area contributed by atoms with Gasteiger partial charge in [0.15, 0.2) is 0 Å². The maximum absolute atomic E-state index is 5.52. The molecule has 72 valence electrons. The van der Waals surface area contributed by atoms with E-state index in [-0.39, 0.29) is 0 Å². The second-order valence-electron chi connectivity index (χ2n) is 3.36. The predicted octanol–water partition coefficient (Wildman–Crippen LogP) is 0.790. The minimum absolute atomic E-state index is 0.384. The normalized spacial score (nSPS) is 20.5. The van der Waals surface area contributed by atoms with Gasteiger partial charge in [-0.1, -0.05) is 0 Å². The smallest absolute Gasteiger partial charge is 0.104 e. The summed E-state index contributed by atoms with van der Waals surface area (Å²) in [5, 5.41) is 3.20. The van der Waals surface area contributed by atoms with Crippen molar-refractivity contribution in [2.24, 2.45) is 0 Å². The third kappa shape index (κ3) is 3.52. The van der Waals surface area contributed by atoms with Gasteiger partial charge >= 0.3 is 0 Å². The molecule has 0 spiro atoms. The van der Waals surface area contributed by atoms with Crippen LogP contribution in [0, 0.1) is 0 Å². The van der Waals surface area contributed by atoms with Crippen molar-refractivity contribution >= 4 is 0 Å². The Labute approximate surface area is 74.4 Å². The zero-order valence-electron chi connectivity index (χ0n) is 8.01. The third-order valence-electron chi connectivity index (χ3n) is 2.24. The quantitative estimate of drug-likeness (QED) is 0.602. The molecule has 1 aliphatic rings. The fourth-order valence-electron chi connectivity index (χ4n) is 1.09. The molecule has 1 unspecified atom stereocenters. The molecule has 1 aliphatic heterocycles. The fourth-order valence-corrected chi connectivity index (χ4v) is 1.09. The van der Waals surface area contributed by atoms with Gasteiger partial charge < -0.3 is 14.8 Å². The molecule has 0 saturated carbocycles. The van der Waals surface area contributed by atoms with Crippen LogP contribution >= 0.6 is 0 Å². The molecule has 1 saturated heterocycles. The standard InChI is InChI=1S/C9H19NO2/c1-8(10-2)4-3-5-12-9-6-11-7-9/h8-10H,3-7H2,1-2H3. The summed E-state index contributed by atoms with van der Waals surface area (Å²) < 4.78 is 10.5. The molecular weight excluding hydrogens is 154 g/mol. The molecule has 0 aromatic rings. The molecule has 0 amide bonds. The molecule has 3 nitrogen and oxygen atoms in total. The SMILES string of the molecule is CNC(C)CCCOC1COC1. The molecule has 0 aromatic carbocycles. The van der Waals surface area contributed by atoms with Gasteiger partial charge in [-0.15, -0.1) is 0 Å². The summed E-state index contributed by atoms with van der Waals surface area (Å²) in [5.74, 6) is 0. The van der Waals surface area contributed by atoms with Crippen LogP contribution in [0.2, 0.25) is 0 Å². The van der Waals surface area contributed by atoms with Gasteiger partial charge in [0.25, 0.3) is 0 Å². The van der Waals surface area contributed by atoms with Crippen LogP contribution in [0.1, 0.15) is 19.8 Å². The van der Waals surface area contributed by atoms with E-state index in [1.54, 1.807) is 0 Å². The van der Waals surface area contributed by atoms with Crippen molar-refractivity contribution in [2.45, 2.75) is 31.9 Å². The molecule has 1 fully saturated rings. The second kappa shape index (κ2) is 5.51. The maximum Gasteiger partial charge on any atom is 0.104 e. The molecular formula is C9H19NO2. The van der Waals surface area contributed by atoms with Crippen LogP contribution < -0.4 is 5.32 Å². The Kier molecular flexibility index (Phi) is 4.58. The Morgan fingerprint density at radius 2 is 2.33 bits per heavy atom. The molecule has 12 heavy (non-hydrogen) atoms.